The van der Waals surface area contributed by atoms with E-state index in [4.69, 9.17) is 4.74 Å². The van der Waals surface area contributed by atoms with Crippen molar-refractivity contribution in [3.05, 3.63) is 47.5 Å². The number of phenolic OH excluding ortho intramolecular Hbond substituents is 1. The van der Waals surface area contributed by atoms with Gasteiger partial charge in [-0.3, -0.25) is 4.79 Å². The molecule has 0 aliphatic heterocycles. The smallest absolute Gasteiger partial charge is 0.311 e. The Morgan fingerprint density at radius 3 is 2.07 bits per heavy atom. The predicted octanol–water partition coefficient (Wildman–Crippen LogP) is 7.23. The minimum Gasteiger partial charge on any atom is -0.507 e. The van der Waals surface area contributed by atoms with Crippen LogP contribution in [-0.4, -0.2) is 11.1 Å². The van der Waals surface area contributed by atoms with Gasteiger partial charge in [0.1, 0.15) is 11.5 Å². The summed E-state index contributed by atoms with van der Waals surface area (Å²) in [6.45, 7) is 6.47. The van der Waals surface area contributed by atoms with Crippen LogP contribution >= 0.6 is 0 Å². The lowest BCUT2D eigenvalue weighted by Crippen LogP contribution is -2.08. The molecule has 0 bridgehead atoms. The predicted molar refractivity (Wildman–Crippen MR) is 121 cm³/mol. The molecule has 0 heterocycles. The first-order valence-corrected chi connectivity index (χ1v) is 11.2. The number of esters is 1. The van der Waals surface area contributed by atoms with Crippen molar-refractivity contribution in [1.29, 1.82) is 0 Å². The fourth-order valence-corrected chi connectivity index (χ4v) is 3.61. The number of phenols is 1. The first-order valence-electron chi connectivity index (χ1n) is 11.2. The van der Waals surface area contributed by atoms with E-state index in [1.54, 1.807) is 6.07 Å². The summed E-state index contributed by atoms with van der Waals surface area (Å²) in [5.74, 6) is 0.554. The molecule has 2 aromatic carbocycles. The molecule has 3 nitrogen and oxygen atoms in total. The highest BCUT2D eigenvalue weighted by molar-refractivity contribution is 5.81. The normalized spacial score (nSPS) is 10.9. The molecule has 0 saturated carbocycles. The second-order valence-electron chi connectivity index (χ2n) is 7.82. The third-order valence-corrected chi connectivity index (χ3v) is 5.18. The summed E-state index contributed by atoms with van der Waals surface area (Å²) >= 11 is 0. The van der Waals surface area contributed by atoms with Crippen molar-refractivity contribution >= 4 is 5.97 Å². The number of ether oxygens (including phenoxy) is 1. The van der Waals surface area contributed by atoms with Crippen molar-refractivity contribution in [2.45, 2.75) is 85.0 Å². The third-order valence-electron chi connectivity index (χ3n) is 5.18. The molecule has 0 aliphatic rings. The maximum Gasteiger partial charge on any atom is 0.311 e. The number of aryl methyl sites for hydroxylation is 2. The van der Waals surface area contributed by atoms with Gasteiger partial charge in [0.25, 0.3) is 0 Å². The second kappa shape index (κ2) is 12.3. The van der Waals surface area contributed by atoms with E-state index in [0.717, 1.165) is 49.7 Å². The van der Waals surface area contributed by atoms with Crippen LogP contribution < -0.4 is 4.74 Å². The average molecular weight is 397 g/mol. The topological polar surface area (TPSA) is 46.5 Å². The van der Waals surface area contributed by atoms with Crippen molar-refractivity contribution in [2.75, 3.05) is 0 Å². The Hall–Kier alpha value is -2.29. The standard InChI is InChI=1S/C26H36O3/c1-4-7-8-9-10-13-26(28)29-25-17-15-21(12-6-3)19-23(25)22-18-20(11-5-2)14-16-24(22)27/h14-19,27H,4-13H2,1-3H3. The first kappa shape index (κ1) is 23.0. The quantitative estimate of drug-likeness (QED) is 0.234. The van der Waals surface area contributed by atoms with Crippen LogP contribution in [0.3, 0.4) is 0 Å². The molecular weight excluding hydrogens is 360 g/mol. The zero-order valence-corrected chi connectivity index (χ0v) is 18.3. The number of hydrogen-bond donors (Lipinski definition) is 1. The number of hydrogen-bond acceptors (Lipinski definition) is 3. The van der Waals surface area contributed by atoms with Crippen LogP contribution in [0.4, 0.5) is 0 Å². The van der Waals surface area contributed by atoms with Gasteiger partial charge in [0.05, 0.1) is 0 Å². The van der Waals surface area contributed by atoms with E-state index in [-0.39, 0.29) is 11.7 Å². The van der Waals surface area contributed by atoms with Crippen LogP contribution in [0.15, 0.2) is 36.4 Å². The molecule has 0 aliphatic carbocycles. The van der Waals surface area contributed by atoms with E-state index >= 15 is 0 Å². The van der Waals surface area contributed by atoms with Crippen LogP contribution in [0, 0.1) is 0 Å². The van der Waals surface area contributed by atoms with Crippen molar-refractivity contribution in [1.82, 2.24) is 0 Å². The number of rotatable bonds is 12. The molecular formula is C26H36O3. The Morgan fingerprint density at radius 2 is 1.41 bits per heavy atom. The van der Waals surface area contributed by atoms with Crippen LogP contribution in [0.25, 0.3) is 11.1 Å². The lowest BCUT2D eigenvalue weighted by atomic mass is 9.96. The van der Waals surface area contributed by atoms with Crippen LogP contribution in [-0.2, 0) is 17.6 Å². The molecule has 29 heavy (non-hydrogen) atoms. The fraction of sp³-hybridized carbons (Fsp3) is 0.500. The van der Waals surface area contributed by atoms with Gasteiger partial charge in [0.15, 0.2) is 0 Å². The Balaban J connectivity index is 2.24. The third kappa shape index (κ3) is 7.23. The zero-order valence-electron chi connectivity index (χ0n) is 18.3. The van der Waals surface area contributed by atoms with E-state index in [1.807, 2.05) is 24.3 Å². The minimum atomic E-state index is -0.199. The maximum absolute atomic E-state index is 12.4. The van der Waals surface area contributed by atoms with Crippen molar-refractivity contribution < 1.29 is 14.6 Å². The lowest BCUT2D eigenvalue weighted by molar-refractivity contribution is -0.134. The molecule has 158 valence electrons. The Kier molecular flexibility index (Phi) is 9.76. The van der Waals surface area contributed by atoms with E-state index < -0.39 is 0 Å². The maximum atomic E-state index is 12.4. The highest BCUT2D eigenvalue weighted by Gasteiger charge is 2.15. The molecule has 2 rings (SSSR count). The van der Waals surface area contributed by atoms with E-state index in [0.29, 0.717) is 12.2 Å². The Morgan fingerprint density at radius 1 is 0.793 bits per heavy atom. The Bertz CT molecular complexity index is 780. The van der Waals surface area contributed by atoms with Crippen LogP contribution in [0.5, 0.6) is 11.5 Å². The van der Waals surface area contributed by atoms with Gasteiger partial charge < -0.3 is 9.84 Å². The minimum absolute atomic E-state index is 0.199. The second-order valence-corrected chi connectivity index (χ2v) is 7.82. The van der Waals surface area contributed by atoms with E-state index in [2.05, 4.69) is 26.8 Å². The largest absolute Gasteiger partial charge is 0.507 e. The molecule has 0 aromatic heterocycles. The number of benzene rings is 2. The molecule has 0 atom stereocenters. The molecule has 1 N–H and O–H groups in total. The van der Waals surface area contributed by atoms with Gasteiger partial charge in [-0.2, -0.15) is 0 Å². The molecule has 0 saturated heterocycles. The monoisotopic (exact) mass is 396 g/mol. The summed E-state index contributed by atoms with van der Waals surface area (Å²) in [7, 11) is 0. The van der Waals surface area contributed by atoms with Gasteiger partial charge >= 0.3 is 5.97 Å². The molecule has 0 fully saturated rings. The summed E-state index contributed by atoms with van der Waals surface area (Å²) in [4.78, 5) is 12.4. The highest BCUT2D eigenvalue weighted by atomic mass is 16.5. The van der Waals surface area contributed by atoms with E-state index in [9.17, 15) is 9.90 Å². The summed E-state index contributed by atoms with van der Waals surface area (Å²) in [5.41, 5.74) is 3.89. The number of aromatic hydroxyl groups is 1. The molecule has 3 heteroatoms. The highest BCUT2D eigenvalue weighted by Crippen LogP contribution is 2.38. The zero-order chi connectivity index (χ0) is 21.1. The Labute approximate surface area is 176 Å². The number of unbranched alkanes of at least 4 members (excludes halogenated alkanes) is 4. The molecule has 0 spiro atoms. The number of carbonyl (C=O) groups is 1. The summed E-state index contributed by atoms with van der Waals surface area (Å²) in [5, 5.41) is 10.5. The van der Waals surface area contributed by atoms with Gasteiger partial charge in [-0.25, -0.2) is 0 Å². The summed E-state index contributed by atoms with van der Waals surface area (Å²) in [6.07, 6.45) is 9.91. The summed E-state index contributed by atoms with van der Waals surface area (Å²) in [6, 6.07) is 11.7. The molecule has 2 aromatic rings. The van der Waals surface area contributed by atoms with E-state index in [1.165, 1.54) is 30.4 Å². The molecule has 0 radical (unpaired) electrons. The van der Waals surface area contributed by atoms with Crippen LogP contribution in [0.2, 0.25) is 0 Å². The van der Waals surface area contributed by atoms with Gasteiger partial charge in [0, 0.05) is 17.5 Å². The van der Waals surface area contributed by atoms with Crippen molar-refractivity contribution in [2.24, 2.45) is 0 Å². The molecule has 0 amide bonds. The molecule has 0 unspecified atom stereocenters. The SMILES string of the molecule is CCCCCCCC(=O)Oc1ccc(CCC)cc1-c1cc(CCC)ccc1O. The van der Waals surface area contributed by atoms with Gasteiger partial charge in [-0.15, -0.1) is 0 Å². The fourth-order valence-electron chi connectivity index (χ4n) is 3.61. The lowest BCUT2D eigenvalue weighted by Gasteiger charge is -2.14. The van der Waals surface area contributed by atoms with Crippen molar-refractivity contribution in [3.8, 4) is 22.6 Å². The van der Waals surface area contributed by atoms with Gasteiger partial charge in [-0.1, -0.05) is 71.4 Å². The average Bonchev–Trinajstić information content (AvgIpc) is 2.71. The van der Waals surface area contributed by atoms with Crippen molar-refractivity contribution in [3.63, 3.8) is 0 Å². The van der Waals surface area contributed by atoms with Crippen LogP contribution in [0.1, 0.15) is 83.3 Å². The van der Waals surface area contributed by atoms with Gasteiger partial charge in [0.2, 0.25) is 0 Å². The summed E-state index contributed by atoms with van der Waals surface area (Å²) < 4.78 is 5.74. The first-order chi connectivity index (χ1) is 14.1. The number of carbonyl (C=O) groups excluding carboxylic acids is 1. The van der Waals surface area contributed by atoms with Gasteiger partial charge in [-0.05, 0) is 54.7 Å².